The van der Waals surface area contributed by atoms with Gasteiger partial charge in [-0.2, -0.15) is 0 Å². The van der Waals surface area contributed by atoms with Gasteiger partial charge < -0.3 is 14.8 Å². The van der Waals surface area contributed by atoms with Gasteiger partial charge in [-0.3, -0.25) is 19.6 Å². The minimum atomic E-state index is -0.738. The van der Waals surface area contributed by atoms with Crippen molar-refractivity contribution in [2.45, 2.75) is 27.7 Å². The first-order valence-electron chi connectivity index (χ1n) is 9.25. The van der Waals surface area contributed by atoms with Gasteiger partial charge in [0, 0.05) is 18.1 Å². The molecule has 0 saturated heterocycles. The summed E-state index contributed by atoms with van der Waals surface area (Å²) >= 11 is 0. The van der Waals surface area contributed by atoms with Crippen LogP contribution in [0, 0.1) is 20.8 Å². The monoisotopic (exact) mass is 410 g/mol. The van der Waals surface area contributed by atoms with E-state index in [0.717, 1.165) is 11.1 Å². The number of rotatable bonds is 4. The van der Waals surface area contributed by atoms with Crippen LogP contribution in [0.2, 0.25) is 0 Å². The van der Waals surface area contributed by atoms with Gasteiger partial charge in [0.05, 0.1) is 16.8 Å². The van der Waals surface area contributed by atoms with Crippen molar-refractivity contribution in [3.05, 3.63) is 57.7 Å². The summed E-state index contributed by atoms with van der Waals surface area (Å²) in [5, 5.41) is 11.6. The SMILES string of the molecule is CC(=O)Oc1c(C)c(C)c2c(c1C)C=C(C(=O)Nc1ccccc1C(=O)NO)CO2. The molecule has 0 aromatic heterocycles. The average molecular weight is 410 g/mol. The number of anilines is 1. The summed E-state index contributed by atoms with van der Waals surface area (Å²) in [6.07, 6.45) is 1.69. The molecule has 2 aromatic carbocycles. The lowest BCUT2D eigenvalue weighted by atomic mass is 9.94. The summed E-state index contributed by atoms with van der Waals surface area (Å²) in [6.45, 7) is 6.88. The van der Waals surface area contributed by atoms with Gasteiger partial charge in [-0.25, -0.2) is 5.48 Å². The molecule has 0 radical (unpaired) electrons. The topological polar surface area (TPSA) is 114 Å². The van der Waals surface area contributed by atoms with Crippen LogP contribution in [-0.4, -0.2) is 29.6 Å². The largest absolute Gasteiger partial charge is 0.488 e. The highest BCUT2D eigenvalue weighted by atomic mass is 16.5. The van der Waals surface area contributed by atoms with Crippen LogP contribution in [0.3, 0.4) is 0 Å². The van der Waals surface area contributed by atoms with E-state index in [9.17, 15) is 14.4 Å². The lowest BCUT2D eigenvalue weighted by molar-refractivity contribution is -0.132. The fourth-order valence-electron chi connectivity index (χ4n) is 3.32. The normalized spacial score (nSPS) is 12.2. The summed E-state index contributed by atoms with van der Waals surface area (Å²) in [5.74, 6) is -0.538. The molecule has 0 aliphatic carbocycles. The Hall–Kier alpha value is -3.65. The number of nitrogens with one attached hydrogen (secondary N) is 2. The van der Waals surface area contributed by atoms with E-state index in [1.54, 1.807) is 36.7 Å². The lowest BCUT2D eigenvalue weighted by Crippen LogP contribution is -2.25. The zero-order chi connectivity index (χ0) is 22.0. The lowest BCUT2D eigenvalue weighted by Gasteiger charge is -2.24. The number of fused-ring (bicyclic) bond motifs is 1. The highest BCUT2D eigenvalue weighted by Gasteiger charge is 2.25. The molecule has 0 unspecified atom stereocenters. The van der Waals surface area contributed by atoms with Gasteiger partial charge in [-0.05, 0) is 50.1 Å². The third-order valence-corrected chi connectivity index (χ3v) is 4.98. The van der Waals surface area contributed by atoms with Gasteiger partial charge in [0.2, 0.25) is 0 Å². The third kappa shape index (κ3) is 3.90. The maximum Gasteiger partial charge on any atom is 0.308 e. The number of benzene rings is 2. The summed E-state index contributed by atoms with van der Waals surface area (Å²) in [6, 6.07) is 6.30. The number of esters is 1. The highest BCUT2D eigenvalue weighted by molar-refractivity contribution is 6.11. The second kappa shape index (κ2) is 8.38. The first kappa shape index (κ1) is 21.1. The Labute approximate surface area is 173 Å². The Morgan fingerprint density at radius 2 is 1.73 bits per heavy atom. The molecule has 30 heavy (non-hydrogen) atoms. The number of hydroxylamine groups is 1. The predicted molar refractivity (Wildman–Crippen MR) is 110 cm³/mol. The Bertz CT molecular complexity index is 1090. The van der Waals surface area contributed by atoms with Gasteiger partial charge in [-0.15, -0.1) is 0 Å². The molecule has 0 fully saturated rings. The maximum atomic E-state index is 12.8. The molecule has 1 aliphatic rings. The quantitative estimate of drug-likeness (QED) is 0.309. The molecule has 0 saturated carbocycles. The number of hydrogen-bond acceptors (Lipinski definition) is 6. The fraction of sp³-hybridized carbons (Fsp3) is 0.227. The van der Waals surface area contributed by atoms with Crippen LogP contribution in [0.5, 0.6) is 11.5 Å². The van der Waals surface area contributed by atoms with E-state index >= 15 is 0 Å². The molecule has 0 atom stereocenters. The van der Waals surface area contributed by atoms with E-state index in [2.05, 4.69) is 5.32 Å². The average Bonchev–Trinajstić information content (AvgIpc) is 2.74. The van der Waals surface area contributed by atoms with Crippen LogP contribution >= 0.6 is 0 Å². The smallest absolute Gasteiger partial charge is 0.308 e. The van der Waals surface area contributed by atoms with Crippen molar-refractivity contribution in [3.63, 3.8) is 0 Å². The van der Waals surface area contributed by atoms with E-state index in [1.807, 2.05) is 13.8 Å². The first-order chi connectivity index (χ1) is 14.2. The molecule has 0 bridgehead atoms. The summed E-state index contributed by atoms with van der Waals surface area (Å²) in [4.78, 5) is 36.1. The fourth-order valence-corrected chi connectivity index (χ4v) is 3.32. The summed E-state index contributed by atoms with van der Waals surface area (Å²) in [7, 11) is 0. The standard InChI is InChI=1S/C22H22N2O6/c1-11-12(2)20-17(13(3)19(11)30-14(4)25)9-15(10-29-20)21(26)23-18-8-6-5-7-16(18)22(27)24-28/h5-9,28H,10H2,1-4H3,(H,23,26)(H,24,27). The van der Waals surface area contributed by atoms with Crippen LogP contribution in [0.1, 0.15) is 39.5 Å². The molecule has 2 aromatic rings. The van der Waals surface area contributed by atoms with E-state index in [-0.39, 0.29) is 17.9 Å². The Kier molecular flexibility index (Phi) is 5.89. The third-order valence-electron chi connectivity index (χ3n) is 4.98. The van der Waals surface area contributed by atoms with Crippen molar-refractivity contribution in [2.75, 3.05) is 11.9 Å². The van der Waals surface area contributed by atoms with Crippen molar-refractivity contribution in [1.29, 1.82) is 0 Å². The van der Waals surface area contributed by atoms with Crippen molar-refractivity contribution in [1.82, 2.24) is 5.48 Å². The first-order valence-corrected chi connectivity index (χ1v) is 9.25. The summed E-state index contributed by atoms with van der Waals surface area (Å²) in [5.41, 5.74) is 5.23. The molecule has 8 heteroatoms. The van der Waals surface area contributed by atoms with E-state index < -0.39 is 17.8 Å². The molecule has 156 valence electrons. The van der Waals surface area contributed by atoms with Gasteiger partial charge in [0.25, 0.3) is 11.8 Å². The van der Waals surface area contributed by atoms with E-state index in [0.29, 0.717) is 28.2 Å². The molecule has 2 amide bonds. The number of para-hydroxylation sites is 1. The minimum Gasteiger partial charge on any atom is -0.488 e. The van der Waals surface area contributed by atoms with Crippen LogP contribution in [0.25, 0.3) is 6.08 Å². The Morgan fingerprint density at radius 3 is 2.40 bits per heavy atom. The molecule has 1 heterocycles. The van der Waals surface area contributed by atoms with Crippen LogP contribution in [0.15, 0.2) is 29.8 Å². The zero-order valence-electron chi connectivity index (χ0n) is 17.1. The molecule has 8 nitrogen and oxygen atoms in total. The molecular formula is C22H22N2O6. The number of hydrogen-bond donors (Lipinski definition) is 3. The molecule has 3 N–H and O–H groups in total. The number of ether oxygens (including phenoxy) is 2. The number of carbonyl (C=O) groups excluding carboxylic acids is 3. The molecular weight excluding hydrogens is 388 g/mol. The maximum absolute atomic E-state index is 12.8. The Balaban J connectivity index is 1.98. The van der Waals surface area contributed by atoms with E-state index in [4.69, 9.17) is 14.7 Å². The van der Waals surface area contributed by atoms with Gasteiger partial charge in [0.1, 0.15) is 18.1 Å². The van der Waals surface area contributed by atoms with Crippen LogP contribution in [-0.2, 0) is 9.59 Å². The van der Waals surface area contributed by atoms with Gasteiger partial charge >= 0.3 is 5.97 Å². The molecule has 3 rings (SSSR count). The number of carbonyl (C=O) groups is 3. The van der Waals surface area contributed by atoms with Crippen LogP contribution in [0.4, 0.5) is 5.69 Å². The van der Waals surface area contributed by atoms with Gasteiger partial charge in [-0.1, -0.05) is 12.1 Å². The number of amides is 2. The van der Waals surface area contributed by atoms with Gasteiger partial charge in [0.15, 0.2) is 0 Å². The van der Waals surface area contributed by atoms with E-state index in [1.165, 1.54) is 13.0 Å². The minimum absolute atomic E-state index is 0.0415. The zero-order valence-corrected chi connectivity index (χ0v) is 17.1. The summed E-state index contributed by atoms with van der Waals surface area (Å²) < 4.78 is 11.2. The predicted octanol–water partition coefficient (Wildman–Crippen LogP) is 3.07. The molecule has 1 aliphatic heterocycles. The highest BCUT2D eigenvalue weighted by Crippen LogP contribution is 2.41. The second-order valence-electron chi connectivity index (χ2n) is 6.94. The molecule has 0 spiro atoms. The van der Waals surface area contributed by atoms with Crippen molar-refractivity contribution in [3.8, 4) is 11.5 Å². The van der Waals surface area contributed by atoms with Crippen LogP contribution < -0.4 is 20.3 Å². The van der Waals surface area contributed by atoms with Crippen molar-refractivity contribution >= 4 is 29.5 Å². The Morgan fingerprint density at radius 1 is 1.03 bits per heavy atom. The van der Waals surface area contributed by atoms with Crippen molar-refractivity contribution < 1.29 is 29.1 Å². The second-order valence-corrected chi connectivity index (χ2v) is 6.94. The van der Waals surface area contributed by atoms with Crippen molar-refractivity contribution in [2.24, 2.45) is 0 Å².